The van der Waals surface area contributed by atoms with E-state index in [1.54, 1.807) is 0 Å². The Bertz CT molecular complexity index is 101. The zero-order valence-corrected chi connectivity index (χ0v) is 5.53. The van der Waals surface area contributed by atoms with Gasteiger partial charge in [0.25, 0.3) is 0 Å². The van der Waals surface area contributed by atoms with E-state index < -0.39 is 18.1 Å². The van der Waals surface area contributed by atoms with Crippen molar-refractivity contribution in [1.29, 1.82) is 0 Å². The standard InChI is InChI=1S/C4H9NO3.Li.H/c1-2(6)3(5)4(7)8;;/h2-3,6H,5H2,1H3,(H,7,8);;/q;+1;-1. The molecule has 0 bridgehead atoms. The van der Waals surface area contributed by atoms with Gasteiger partial charge in [-0.05, 0) is 6.92 Å². The molecule has 0 spiro atoms. The van der Waals surface area contributed by atoms with Crippen molar-refractivity contribution < 1.29 is 35.3 Å². The molecule has 0 saturated heterocycles. The first-order valence-electron chi connectivity index (χ1n) is 2.22. The molecule has 0 rings (SSSR count). The van der Waals surface area contributed by atoms with Gasteiger partial charge in [0.1, 0.15) is 6.04 Å². The van der Waals surface area contributed by atoms with Crippen LogP contribution in [0.25, 0.3) is 0 Å². The number of carboxylic acid groups (broad SMARTS) is 1. The molecule has 2 atom stereocenters. The molecule has 0 aliphatic heterocycles. The number of rotatable bonds is 2. The summed E-state index contributed by atoms with van der Waals surface area (Å²) in [6.45, 7) is 1.33. The average Bonchev–Trinajstić information content (AvgIpc) is 1.64. The normalized spacial score (nSPS) is 15.4. The minimum absolute atomic E-state index is 0. The Morgan fingerprint density at radius 2 is 2.11 bits per heavy atom. The van der Waals surface area contributed by atoms with Gasteiger partial charge < -0.3 is 17.4 Å². The van der Waals surface area contributed by atoms with Crippen LogP contribution in [-0.4, -0.2) is 28.3 Å². The summed E-state index contributed by atoms with van der Waals surface area (Å²) in [6, 6.07) is -1.16. The molecule has 0 radical (unpaired) electrons. The van der Waals surface area contributed by atoms with Crippen molar-refractivity contribution in [2.45, 2.75) is 19.1 Å². The zero-order valence-electron chi connectivity index (χ0n) is 6.53. The van der Waals surface area contributed by atoms with Crippen LogP contribution in [0.3, 0.4) is 0 Å². The Kier molecular flexibility index (Phi) is 6.30. The molecule has 0 fully saturated rings. The van der Waals surface area contributed by atoms with Gasteiger partial charge in [-0.15, -0.1) is 0 Å². The number of carboxylic acids is 1. The van der Waals surface area contributed by atoms with Gasteiger partial charge in [0.15, 0.2) is 0 Å². The third-order valence-corrected chi connectivity index (χ3v) is 0.805. The molecule has 5 heteroatoms. The number of hydrogen-bond donors (Lipinski definition) is 3. The summed E-state index contributed by atoms with van der Waals surface area (Å²) in [6.07, 6.45) is -0.979. The Morgan fingerprint density at radius 3 is 2.11 bits per heavy atom. The van der Waals surface area contributed by atoms with Crippen LogP contribution in [0, 0.1) is 0 Å². The largest absolute Gasteiger partial charge is 1.00 e. The number of nitrogens with two attached hydrogens (primary N) is 1. The minimum Gasteiger partial charge on any atom is -1.00 e. The predicted molar refractivity (Wildman–Crippen MR) is 28.4 cm³/mol. The smallest absolute Gasteiger partial charge is 1.00 e. The maximum absolute atomic E-state index is 9.86. The van der Waals surface area contributed by atoms with Crippen molar-refractivity contribution in [3.05, 3.63) is 0 Å². The summed E-state index contributed by atoms with van der Waals surface area (Å²) in [5.41, 5.74) is 4.91. The average molecular weight is 127 g/mol. The molecule has 2 unspecified atom stereocenters. The van der Waals surface area contributed by atoms with E-state index in [-0.39, 0.29) is 20.3 Å². The van der Waals surface area contributed by atoms with Crippen molar-refractivity contribution >= 4 is 5.97 Å². The summed E-state index contributed by atoms with van der Waals surface area (Å²) >= 11 is 0. The van der Waals surface area contributed by atoms with Crippen molar-refractivity contribution in [3.8, 4) is 0 Å². The van der Waals surface area contributed by atoms with Gasteiger partial charge in [0, 0.05) is 0 Å². The van der Waals surface area contributed by atoms with Crippen LogP contribution < -0.4 is 24.6 Å². The first kappa shape index (κ1) is 11.7. The monoisotopic (exact) mass is 127 g/mol. The summed E-state index contributed by atoms with van der Waals surface area (Å²) in [5.74, 6) is -1.18. The van der Waals surface area contributed by atoms with E-state index in [0.29, 0.717) is 0 Å². The fourth-order valence-corrected chi connectivity index (χ4v) is 0.206. The van der Waals surface area contributed by atoms with Crippen LogP contribution in [0.2, 0.25) is 0 Å². The van der Waals surface area contributed by atoms with Crippen LogP contribution in [0.15, 0.2) is 0 Å². The second kappa shape index (κ2) is 4.83. The number of hydrogen-bond acceptors (Lipinski definition) is 3. The van der Waals surface area contributed by atoms with E-state index in [4.69, 9.17) is 15.9 Å². The van der Waals surface area contributed by atoms with E-state index in [9.17, 15) is 4.79 Å². The van der Waals surface area contributed by atoms with Crippen molar-refractivity contribution in [3.63, 3.8) is 0 Å². The van der Waals surface area contributed by atoms with Gasteiger partial charge in [0.2, 0.25) is 0 Å². The molecule has 0 saturated carbocycles. The zero-order chi connectivity index (χ0) is 6.73. The number of aliphatic hydroxyl groups is 1. The molecule has 4 nitrogen and oxygen atoms in total. The van der Waals surface area contributed by atoms with E-state index >= 15 is 0 Å². The molecule has 0 aromatic heterocycles. The van der Waals surface area contributed by atoms with Gasteiger partial charge in [-0.3, -0.25) is 4.79 Å². The Labute approximate surface area is 66.7 Å². The summed E-state index contributed by atoms with van der Waals surface area (Å²) in [4.78, 5) is 9.86. The number of carbonyl (C=O) groups is 1. The van der Waals surface area contributed by atoms with Crippen molar-refractivity contribution in [1.82, 2.24) is 0 Å². The molecule has 9 heavy (non-hydrogen) atoms. The molecular formula is C4H10LiNO3. The predicted octanol–water partition coefficient (Wildman–Crippen LogP) is -4.10. The topological polar surface area (TPSA) is 83.5 Å². The molecule has 50 valence electrons. The van der Waals surface area contributed by atoms with E-state index in [2.05, 4.69) is 0 Å². The summed E-state index contributed by atoms with van der Waals surface area (Å²) in [5, 5.41) is 16.6. The Hall–Kier alpha value is -0.0126. The number of aliphatic carboxylic acids is 1. The molecule has 0 aliphatic rings. The summed E-state index contributed by atoms with van der Waals surface area (Å²) < 4.78 is 0. The van der Waals surface area contributed by atoms with E-state index in [1.165, 1.54) is 6.92 Å². The molecule has 0 aromatic carbocycles. The molecule has 0 aliphatic carbocycles. The van der Waals surface area contributed by atoms with Crippen LogP contribution >= 0.6 is 0 Å². The van der Waals surface area contributed by atoms with E-state index in [0.717, 1.165) is 0 Å². The Morgan fingerprint density at radius 1 is 1.78 bits per heavy atom. The van der Waals surface area contributed by atoms with Gasteiger partial charge >= 0.3 is 24.8 Å². The molecule has 4 N–H and O–H groups in total. The van der Waals surface area contributed by atoms with Crippen molar-refractivity contribution in [2.75, 3.05) is 0 Å². The Balaban J connectivity index is -0.000000245. The van der Waals surface area contributed by atoms with Gasteiger partial charge in [-0.25, -0.2) is 0 Å². The first-order valence-corrected chi connectivity index (χ1v) is 2.22. The van der Waals surface area contributed by atoms with Crippen LogP contribution in [0.1, 0.15) is 8.35 Å². The molecular weight excluding hydrogens is 117 g/mol. The fourth-order valence-electron chi connectivity index (χ4n) is 0.206. The molecule has 0 heterocycles. The quantitative estimate of drug-likeness (QED) is 0.329. The third-order valence-electron chi connectivity index (χ3n) is 0.805. The number of aliphatic hydroxyl groups excluding tert-OH is 1. The van der Waals surface area contributed by atoms with Crippen molar-refractivity contribution in [2.24, 2.45) is 5.73 Å². The second-order valence-electron chi connectivity index (χ2n) is 1.60. The van der Waals surface area contributed by atoms with Gasteiger partial charge in [0.05, 0.1) is 6.10 Å². The summed E-state index contributed by atoms with van der Waals surface area (Å²) in [7, 11) is 0. The van der Waals surface area contributed by atoms with Crippen LogP contribution in [-0.2, 0) is 4.79 Å². The van der Waals surface area contributed by atoms with Gasteiger partial charge in [-0.2, -0.15) is 0 Å². The maximum atomic E-state index is 9.86. The molecule has 0 aromatic rings. The minimum atomic E-state index is -1.18. The van der Waals surface area contributed by atoms with Crippen LogP contribution in [0.5, 0.6) is 0 Å². The van der Waals surface area contributed by atoms with Crippen LogP contribution in [0.4, 0.5) is 0 Å². The van der Waals surface area contributed by atoms with E-state index in [1.807, 2.05) is 0 Å². The SMILES string of the molecule is CC(O)C(N)C(=O)O.[H-].[Li+]. The van der Waals surface area contributed by atoms with Gasteiger partial charge in [-0.1, -0.05) is 0 Å². The maximum Gasteiger partial charge on any atom is 1.00 e. The molecule has 0 amide bonds. The second-order valence-corrected chi connectivity index (χ2v) is 1.60. The fraction of sp³-hybridized carbons (Fsp3) is 0.750. The third kappa shape index (κ3) is 4.49. The first-order chi connectivity index (χ1) is 3.55.